The van der Waals surface area contributed by atoms with Gasteiger partial charge in [-0.25, -0.2) is 0 Å². The van der Waals surface area contributed by atoms with Gasteiger partial charge in [0.05, 0.1) is 0 Å². The number of nitrogens with zero attached hydrogens (tertiary/aromatic N) is 1. The monoisotopic (exact) mass is 238 g/mol. The van der Waals surface area contributed by atoms with Crippen molar-refractivity contribution in [2.24, 2.45) is 11.8 Å². The zero-order valence-electron chi connectivity index (χ0n) is 12.1. The molecule has 2 fully saturated rings. The van der Waals surface area contributed by atoms with Gasteiger partial charge in [0.25, 0.3) is 0 Å². The van der Waals surface area contributed by atoms with Crippen LogP contribution in [0.5, 0.6) is 0 Å². The van der Waals surface area contributed by atoms with Crippen LogP contribution < -0.4 is 5.32 Å². The number of hydrogen-bond acceptors (Lipinski definition) is 2. The summed E-state index contributed by atoms with van der Waals surface area (Å²) >= 11 is 0. The van der Waals surface area contributed by atoms with Crippen LogP contribution in [0.4, 0.5) is 0 Å². The normalized spacial score (nSPS) is 35.5. The molecule has 1 heterocycles. The van der Waals surface area contributed by atoms with Crippen molar-refractivity contribution in [1.82, 2.24) is 10.2 Å². The van der Waals surface area contributed by atoms with Gasteiger partial charge in [-0.05, 0) is 38.1 Å². The van der Waals surface area contributed by atoms with Crippen molar-refractivity contribution in [3.63, 3.8) is 0 Å². The Labute approximate surface area is 107 Å². The lowest BCUT2D eigenvalue weighted by atomic mass is 9.89. The molecule has 2 unspecified atom stereocenters. The van der Waals surface area contributed by atoms with E-state index in [9.17, 15) is 0 Å². The molecule has 1 saturated heterocycles. The minimum absolute atomic E-state index is 0.389. The highest BCUT2D eigenvalue weighted by molar-refractivity contribution is 4.96. The predicted octanol–water partition coefficient (Wildman–Crippen LogP) is 2.89. The number of piperazine rings is 1. The number of hydrogen-bond donors (Lipinski definition) is 1. The Bertz CT molecular complexity index is 247. The van der Waals surface area contributed by atoms with Crippen LogP contribution in [0.3, 0.4) is 0 Å². The van der Waals surface area contributed by atoms with Crippen LogP contribution >= 0.6 is 0 Å². The van der Waals surface area contributed by atoms with Crippen LogP contribution in [0, 0.1) is 11.8 Å². The molecule has 0 radical (unpaired) electrons. The average molecular weight is 238 g/mol. The molecule has 1 saturated carbocycles. The van der Waals surface area contributed by atoms with Gasteiger partial charge in [-0.1, -0.05) is 33.6 Å². The molecule has 0 aromatic rings. The molecule has 0 spiro atoms. The van der Waals surface area contributed by atoms with Gasteiger partial charge < -0.3 is 5.32 Å². The van der Waals surface area contributed by atoms with E-state index < -0.39 is 0 Å². The molecule has 0 bridgehead atoms. The van der Waals surface area contributed by atoms with Gasteiger partial charge >= 0.3 is 0 Å². The third-order valence-corrected chi connectivity index (χ3v) is 5.00. The first-order chi connectivity index (χ1) is 8.05. The molecule has 1 aliphatic heterocycles. The zero-order chi connectivity index (χ0) is 12.5. The second kappa shape index (κ2) is 5.27. The van der Waals surface area contributed by atoms with E-state index in [0.29, 0.717) is 11.6 Å². The predicted molar refractivity (Wildman–Crippen MR) is 74.2 cm³/mol. The van der Waals surface area contributed by atoms with Gasteiger partial charge in [0.1, 0.15) is 0 Å². The molecule has 1 aliphatic carbocycles. The van der Waals surface area contributed by atoms with Crippen molar-refractivity contribution in [2.45, 2.75) is 65.0 Å². The van der Waals surface area contributed by atoms with Crippen LogP contribution in [-0.4, -0.2) is 36.1 Å². The largest absolute Gasteiger partial charge is 0.311 e. The van der Waals surface area contributed by atoms with Gasteiger partial charge in [0, 0.05) is 24.7 Å². The molecule has 2 rings (SSSR count). The molecule has 0 aromatic heterocycles. The van der Waals surface area contributed by atoms with Crippen molar-refractivity contribution >= 4 is 0 Å². The van der Waals surface area contributed by atoms with E-state index in [2.05, 4.69) is 37.9 Å². The lowest BCUT2D eigenvalue weighted by Gasteiger charge is -2.49. The van der Waals surface area contributed by atoms with Gasteiger partial charge in [-0.15, -0.1) is 0 Å². The molecule has 17 heavy (non-hydrogen) atoms. The highest BCUT2D eigenvalue weighted by atomic mass is 15.3. The molecule has 2 atom stereocenters. The van der Waals surface area contributed by atoms with Crippen LogP contribution in [0.15, 0.2) is 0 Å². The zero-order valence-corrected chi connectivity index (χ0v) is 12.1. The lowest BCUT2D eigenvalue weighted by Crippen LogP contribution is -2.64. The first-order valence-electron chi connectivity index (χ1n) is 7.53. The molecule has 2 heteroatoms. The van der Waals surface area contributed by atoms with Crippen LogP contribution in [0.1, 0.15) is 53.4 Å². The molecule has 100 valence electrons. The number of rotatable bonds is 5. The summed E-state index contributed by atoms with van der Waals surface area (Å²) < 4.78 is 0. The van der Waals surface area contributed by atoms with E-state index in [1.165, 1.54) is 38.8 Å². The minimum Gasteiger partial charge on any atom is -0.311 e. The van der Waals surface area contributed by atoms with E-state index in [0.717, 1.165) is 18.4 Å². The van der Waals surface area contributed by atoms with Crippen molar-refractivity contribution in [3.05, 3.63) is 0 Å². The second-order valence-corrected chi connectivity index (χ2v) is 6.76. The molecular weight excluding hydrogens is 208 g/mol. The van der Waals surface area contributed by atoms with Crippen molar-refractivity contribution in [1.29, 1.82) is 0 Å². The summed E-state index contributed by atoms with van der Waals surface area (Å²) in [4.78, 5) is 2.77. The van der Waals surface area contributed by atoms with Crippen molar-refractivity contribution in [3.8, 4) is 0 Å². The first-order valence-corrected chi connectivity index (χ1v) is 7.53. The van der Waals surface area contributed by atoms with Crippen molar-refractivity contribution in [2.75, 3.05) is 19.6 Å². The van der Waals surface area contributed by atoms with E-state index >= 15 is 0 Å². The van der Waals surface area contributed by atoms with Crippen molar-refractivity contribution < 1.29 is 0 Å². The maximum Gasteiger partial charge on any atom is 0.0303 e. The fraction of sp³-hybridized carbons (Fsp3) is 1.00. The Morgan fingerprint density at radius 1 is 1.35 bits per heavy atom. The summed E-state index contributed by atoms with van der Waals surface area (Å²) in [6.45, 7) is 13.2. The van der Waals surface area contributed by atoms with Crippen LogP contribution in [0.2, 0.25) is 0 Å². The summed E-state index contributed by atoms with van der Waals surface area (Å²) in [6, 6.07) is 0.689. The molecule has 2 aliphatic rings. The van der Waals surface area contributed by atoms with E-state index in [1.54, 1.807) is 0 Å². The van der Waals surface area contributed by atoms with E-state index in [-0.39, 0.29) is 0 Å². The summed E-state index contributed by atoms with van der Waals surface area (Å²) in [5.74, 6) is 1.81. The number of nitrogens with one attached hydrogen (secondary N) is 1. The quantitative estimate of drug-likeness (QED) is 0.792. The molecule has 0 amide bonds. The Balaban J connectivity index is 1.93. The Kier molecular flexibility index (Phi) is 4.14. The highest BCUT2D eigenvalue weighted by Crippen LogP contribution is 2.34. The topological polar surface area (TPSA) is 15.3 Å². The molecule has 2 nitrogen and oxygen atoms in total. The summed E-state index contributed by atoms with van der Waals surface area (Å²) in [6.07, 6.45) is 5.67. The van der Waals surface area contributed by atoms with Gasteiger partial charge in [-0.3, -0.25) is 4.90 Å². The maximum atomic E-state index is 3.75. The summed E-state index contributed by atoms with van der Waals surface area (Å²) in [7, 11) is 0. The molecule has 0 aromatic carbocycles. The Hall–Kier alpha value is -0.0800. The first kappa shape index (κ1) is 13.4. The maximum absolute atomic E-state index is 3.75. The minimum atomic E-state index is 0.389. The van der Waals surface area contributed by atoms with E-state index in [4.69, 9.17) is 0 Å². The Morgan fingerprint density at radius 3 is 2.59 bits per heavy atom. The van der Waals surface area contributed by atoms with Crippen LogP contribution in [-0.2, 0) is 0 Å². The van der Waals surface area contributed by atoms with Gasteiger partial charge in [-0.2, -0.15) is 0 Å². The summed E-state index contributed by atoms with van der Waals surface area (Å²) in [5, 5.41) is 3.75. The van der Waals surface area contributed by atoms with E-state index in [1.807, 2.05) is 0 Å². The second-order valence-electron chi connectivity index (χ2n) is 6.76. The Morgan fingerprint density at radius 2 is 2.06 bits per heavy atom. The highest BCUT2D eigenvalue weighted by Gasteiger charge is 2.37. The smallest absolute Gasteiger partial charge is 0.0303 e. The van der Waals surface area contributed by atoms with Gasteiger partial charge in [0.15, 0.2) is 0 Å². The SMILES string of the molecule is CCC1(C)CNC(C(C)C)CN1CCC1CC1. The fourth-order valence-electron chi connectivity index (χ4n) is 2.89. The molecule has 1 N–H and O–H groups in total. The average Bonchev–Trinajstić information content (AvgIpc) is 3.11. The van der Waals surface area contributed by atoms with Crippen LogP contribution in [0.25, 0.3) is 0 Å². The van der Waals surface area contributed by atoms with Gasteiger partial charge in [0.2, 0.25) is 0 Å². The third-order valence-electron chi connectivity index (χ3n) is 5.00. The lowest BCUT2D eigenvalue weighted by molar-refractivity contribution is 0.0365. The molecular formula is C15H30N2. The summed E-state index contributed by atoms with van der Waals surface area (Å²) in [5.41, 5.74) is 0.389. The third kappa shape index (κ3) is 3.23. The fourth-order valence-corrected chi connectivity index (χ4v) is 2.89. The standard InChI is InChI=1S/C15H30N2/c1-5-15(4)11-16-14(12(2)3)10-17(15)9-8-13-6-7-13/h12-14,16H,5-11H2,1-4H3.